The van der Waals surface area contributed by atoms with Crippen LogP contribution in [0.15, 0.2) is 16.5 Å². The lowest BCUT2D eigenvalue weighted by molar-refractivity contribution is 0.0503. The van der Waals surface area contributed by atoms with Crippen molar-refractivity contribution in [1.82, 2.24) is 5.32 Å². The summed E-state index contributed by atoms with van der Waals surface area (Å²) in [4.78, 5) is 25.9. The lowest BCUT2D eigenvalue weighted by Crippen LogP contribution is -2.41. The van der Waals surface area contributed by atoms with Crippen LogP contribution in [0.3, 0.4) is 0 Å². The molecule has 0 bridgehead atoms. The Bertz CT molecular complexity index is 944. The van der Waals surface area contributed by atoms with Gasteiger partial charge in [-0.05, 0) is 51.2 Å². The number of carbonyl (C=O) groups excluding carboxylic acids is 2. The number of carbonyl (C=O) groups is 2. The van der Waals surface area contributed by atoms with Gasteiger partial charge in [-0.25, -0.2) is 0 Å². The highest BCUT2D eigenvalue weighted by atomic mass is 16.5. The topological polar surface area (TPSA) is 68.5 Å². The Kier molecular flexibility index (Phi) is 4.72. The molecule has 1 aromatic carbocycles. The van der Waals surface area contributed by atoms with E-state index in [1.54, 1.807) is 12.1 Å². The summed E-state index contributed by atoms with van der Waals surface area (Å²) in [6.45, 7) is 8.03. The molecule has 4 rings (SSSR count). The fourth-order valence-corrected chi connectivity index (χ4v) is 4.59. The second kappa shape index (κ2) is 6.94. The van der Waals surface area contributed by atoms with E-state index >= 15 is 0 Å². The number of hydrogen-bond donors (Lipinski definition) is 1. The van der Waals surface area contributed by atoms with Gasteiger partial charge in [0.1, 0.15) is 16.9 Å². The zero-order chi connectivity index (χ0) is 20.1. The van der Waals surface area contributed by atoms with Gasteiger partial charge in [0.05, 0.1) is 12.0 Å². The van der Waals surface area contributed by atoms with Crippen molar-refractivity contribution in [2.24, 2.45) is 5.92 Å². The number of benzene rings is 1. The Balaban J connectivity index is 1.71. The summed E-state index contributed by atoms with van der Waals surface area (Å²) in [6.07, 6.45) is 5.60. The summed E-state index contributed by atoms with van der Waals surface area (Å²) in [7, 11) is 0. The molecule has 1 aliphatic carbocycles. The van der Waals surface area contributed by atoms with E-state index in [-0.39, 0.29) is 17.7 Å². The van der Waals surface area contributed by atoms with Gasteiger partial charge < -0.3 is 14.5 Å². The van der Waals surface area contributed by atoms with Gasteiger partial charge in [0.25, 0.3) is 5.91 Å². The normalized spacial score (nSPS) is 27.4. The number of ether oxygens (including phenoxy) is 1. The van der Waals surface area contributed by atoms with Crippen molar-refractivity contribution in [3.63, 3.8) is 0 Å². The molecular weight excluding hydrogens is 354 g/mol. The minimum absolute atomic E-state index is 0.0490. The van der Waals surface area contributed by atoms with Crippen LogP contribution in [-0.2, 0) is 0 Å². The standard InChI is InChI=1S/C23H29NO4/c1-5-23(4)12-16(25)20-18(28-23)11-10-17-19(20)14(3)21(27-17)22(26)24-15-9-7-6-8-13(15)2/h10-11,13,15H,5-9,12H2,1-4H3,(H,24,26)/t13-,15+,23-/m1/s1. The molecule has 1 aromatic heterocycles. The molecule has 1 aliphatic heterocycles. The SMILES string of the molecule is CC[C@]1(C)CC(=O)c2c(ccc3oc(C(=O)N[C@H]4CCCC[C@H]4C)c(C)c23)O1. The summed E-state index contributed by atoms with van der Waals surface area (Å²) < 4.78 is 12.1. The summed E-state index contributed by atoms with van der Waals surface area (Å²) in [5.41, 5.74) is 1.35. The predicted octanol–water partition coefficient (Wildman–Crippen LogP) is 5.18. The average molecular weight is 383 g/mol. The largest absolute Gasteiger partial charge is 0.486 e. The quantitative estimate of drug-likeness (QED) is 0.792. The minimum Gasteiger partial charge on any atom is -0.486 e. The smallest absolute Gasteiger partial charge is 0.287 e. The van der Waals surface area contributed by atoms with Crippen LogP contribution in [-0.4, -0.2) is 23.3 Å². The van der Waals surface area contributed by atoms with Gasteiger partial charge in [-0.3, -0.25) is 9.59 Å². The molecular formula is C23H29NO4. The highest BCUT2D eigenvalue weighted by Gasteiger charge is 2.37. The Morgan fingerprint density at radius 1 is 1.29 bits per heavy atom. The number of ketones is 1. The number of aryl methyl sites for hydroxylation is 1. The van der Waals surface area contributed by atoms with Crippen LogP contribution in [0.1, 0.15) is 85.8 Å². The molecule has 5 heteroatoms. The Labute approximate surface area is 165 Å². The number of fused-ring (bicyclic) bond motifs is 3. The van der Waals surface area contributed by atoms with Crippen molar-refractivity contribution in [3.05, 3.63) is 29.0 Å². The van der Waals surface area contributed by atoms with Gasteiger partial charge in [-0.1, -0.05) is 26.7 Å². The van der Waals surface area contributed by atoms with Crippen LogP contribution < -0.4 is 10.1 Å². The average Bonchev–Trinajstić information content (AvgIpc) is 3.00. The van der Waals surface area contributed by atoms with Crippen molar-refractivity contribution >= 4 is 22.7 Å². The molecule has 0 saturated heterocycles. The highest BCUT2D eigenvalue weighted by molar-refractivity contribution is 6.13. The monoisotopic (exact) mass is 383 g/mol. The van der Waals surface area contributed by atoms with Gasteiger partial charge in [-0.2, -0.15) is 0 Å². The van der Waals surface area contributed by atoms with Crippen molar-refractivity contribution < 1.29 is 18.7 Å². The van der Waals surface area contributed by atoms with Crippen LogP contribution in [0.5, 0.6) is 5.75 Å². The number of nitrogens with one attached hydrogen (secondary N) is 1. The van der Waals surface area contributed by atoms with Crippen LogP contribution in [0.25, 0.3) is 11.0 Å². The first kappa shape index (κ1) is 19.0. The maximum absolute atomic E-state index is 12.9. The lowest BCUT2D eigenvalue weighted by Gasteiger charge is -2.34. The second-order valence-corrected chi connectivity index (χ2v) is 8.72. The van der Waals surface area contributed by atoms with Gasteiger partial charge in [-0.15, -0.1) is 0 Å². The van der Waals surface area contributed by atoms with Gasteiger partial charge >= 0.3 is 0 Å². The van der Waals surface area contributed by atoms with Crippen LogP contribution in [0, 0.1) is 12.8 Å². The van der Waals surface area contributed by atoms with Crippen molar-refractivity contribution in [1.29, 1.82) is 0 Å². The van der Waals surface area contributed by atoms with Crippen molar-refractivity contribution in [3.8, 4) is 5.75 Å². The summed E-state index contributed by atoms with van der Waals surface area (Å²) >= 11 is 0. The molecule has 3 atom stereocenters. The van der Waals surface area contributed by atoms with E-state index in [2.05, 4.69) is 12.2 Å². The summed E-state index contributed by atoms with van der Waals surface area (Å²) in [5, 5.41) is 3.86. The lowest BCUT2D eigenvalue weighted by atomic mass is 9.86. The summed E-state index contributed by atoms with van der Waals surface area (Å²) in [6, 6.07) is 3.77. The van der Waals surface area contributed by atoms with E-state index in [1.807, 2.05) is 20.8 Å². The second-order valence-electron chi connectivity index (χ2n) is 8.72. The Morgan fingerprint density at radius 3 is 2.75 bits per heavy atom. The Hall–Kier alpha value is -2.30. The third-order valence-corrected chi connectivity index (χ3v) is 6.61. The van der Waals surface area contributed by atoms with E-state index in [0.717, 1.165) is 25.7 Å². The molecule has 2 aromatic rings. The maximum Gasteiger partial charge on any atom is 0.287 e. The molecule has 0 spiro atoms. The van der Waals surface area contributed by atoms with Crippen LogP contribution in [0.2, 0.25) is 0 Å². The molecule has 1 saturated carbocycles. The van der Waals surface area contributed by atoms with E-state index in [4.69, 9.17) is 9.15 Å². The third kappa shape index (κ3) is 3.11. The van der Waals surface area contributed by atoms with Crippen molar-refractivity contribution in [2.75, 3.05) is 0 Å². The molecule has 1 amide bonds. The van der Waals surface area contributed by atoms with Gasteiger partial charge in [0.2, 0.25) is 0 Å². The van der Waals surface area contributed by atoms with E-state index in [9.17, 15) is 9.59 Å². The first-order chi connectivity index (χ1) is 13.3. The Morgan fingerprint density at radius 2 is 2.04 bits per heavy atom. The maximum atomic E-state index is 12.9. The van der Waals surface area contributed by atoms with Crippen molar-refractivity contribution in [2.45, 2.75) is 77.9 Å². The third-order valence-electron chi connectivity index (χ3n) is 6.61. The van der Waals surface area contributed by atoms with Gasteiger partial charge in [0.15, 0.2) is 11.5 Å². The van der Waals surface area contributed by atoms with Gasteiger partial charge in [0, 0.05) is 17.0 Å². The van der Waals surface area contributed by atoms with Crippen LogP contribution >= 0.6 is 0 Å². The first-order valence-corrected chi connectivity index (χ1v) is 10.4. The molecule has 5 nitrogen and oxygen atoms in total. The molecule has 2 aliphatic rings. The fraction of sp³-hybridized carbons (Fsp3) is 0.565. The predicted molar refractivity (Wildman–Crippen MR) is 108 cm³/mol. The van der Waals surface area contributed by atoms with E-state index in [1.165, 1.54) is 6.42 Å². The minimum atomic E-state index is -0.479. The molecule has 1 fully saturated rings. The number of rotatable bonds is 3. The highest BCUT2D eigenvalue weighted by Crippen LogP contribution is 2.41. The molecule has 1 N–H and O–H groups in total. The molecule has 0 radical (unpaired) electrons. The van der Waals surface area contributed by atoms with E-state index in [0.29, 0.717) is 45.9 Å². The number of amides is 1. The summed E-state index contributed by atoms with van der Waals surface area (Å²) in [5.74, 6) is 1.22. The van der Waals surface area contributed by atoms with Crippen LogP contribution in [0.4, 0.5) is 0 Å². The van der Waals surface area contributed by atoms with E-state index < -0.39 is 5.60 Å². The first-order valence-electron chi connectivity index (χ1n) is 10.4. The fourth-order valence-electron chi connectivity index (χ4n) is 4.59. The molecule has 2 heterocycles. The molecule has 0 unspecified atom stereocenters. The number of furan rings is 1. The zero-order valence-corrected chi connectivity index (χ0v) is 17.2. The number of Topliss-reactive ketones (excluding diaryl/α,β-unsaturated/α-hetero) is 1. The molecule has 150 valence electrons. The zero-order valence-electron chi connectivity index (χ0n) is 17.2. The molecule has 28 heavy (non-hydrogen) atoms. The number of hydrogen-bond acceptors (Lipinski definition) is 4.